The Kier molecular flexibility index (Phi) is 7.93. The third kappa shape index (κ3) is 4.94. The van der Waals surface area contributed by atoms with Gasteiger partial charge in [0.15, 0.2) is 0 Å². The predicted octanol–water partition coefficient (Wildman–Crippen LogP) is 5.59. The minimum absolute atomic E-state index is 0.273. The minimum Gasteiger partial charge on any atom is -0.495 e. The molecule has 1 aromatic rings. The molecule has 4 heteroatoms. The van der Waals surface area contributed by atoms with E-state index in [0.29, 0.717) is 5.92 Å². The number of benzene rings is 1. The van der Waals surface area contributed by atoms with Gasteiger partial charge in [-0.15, -0.1) is 0 Å². The Labute approximate surface area is 136 Å². The fourth-order valence-corrected chi connectivity index (χ4v) is 3.26. The topological polar surface area (TPSA) is 21.3 Å². The molecule has 2 nitrogen and oxygen atoms in total. The largest absolute Gasteiger partial charge is 0.495 e. The maximum absolute atomic E-state index is 6.21. The lowest BCUT2D eigenvalue weighted by Crippen LogP contribution is -2.24. The van der Waals surface area contributed by atoms with Crippen LogP contribution in [0.5, 0.6) is 5.75 Å². The van der Waals surface area contributed by atoms with Crippen molar-refractivity contribution in [2.75, 3.05) is 13.7 Å². The highest BCUT2D eigenvalue weighted by molar-refractivity contribution is 9.10. The summed E-state index contributed by atoms with van der Waals surface area (Å²) in [6.07, 6.45) is 3.37. The maximum Gasteiger partial charge on any atom is 0.137 e. The molecule has 0 bridgehead atoms. The lowest BCUT2D eigenvalue weighted by molar-refractivity contribution is 0.369. The highest BCUT2D eigenvalue weighted by Gasteiger charge is 2.20. The van der Waals surface area contributed by atoms with E-state index in [4.69, 9.17) is 16.3 Å². The van der Waals surface area contributed by atoms with Crippen molar-refractivity contribution in [3.63, 3.8) is 0 Å². The third-order valence-corrected chi connectivity index (χ3v) is 4.40. The first-order chi connectivity index (χ1) is 9.53. The minimum atomic E-state index is 0.273. The second kappa shape index (κ2) is 8.91. The molecule has 0 aliphatic rings. The van der Waals surface area contributed by atoms with Crippen molar-refractivity contribution in [3.05, 3.63) is 27.2 Å². The summed E-state index contributed by atoms with van der Waals surface area (Å²) >= 11 is 9.75. The molecule has 0 radical (unpaired) electrons. The molecule has 1 aromatic carbocycles. The molecule has 2 unspecified atom stereocenters. The molecular formula is C16H25BrClNO. The van der Waals surface area contributed by atoms with Crippen molar-refractivity contribution in [2.45, 2.75) is 46.1 Å². The van der Waals surface area contributed by atoms with Crippen molar-refractivity contribution in [3.8, 4) is 5.75 Å². The molecule has 0 fully saturated rings. The van der Waals surface area contributed by atoms with E-state index in [1.165, 1.54) is 6.42 Å². The molecule has 0 heterocycles. The Balaban J connectivity index is 3.10. The van der Waals surface area contributed by atoms with Crippen molar-refractivity contribution in [1.29, 1.82) is 0 Å². The molecule has 0 amide bonds. The first-order valence-corrected chi connectivity index (χ1v) is 8.46. The summed E-state index contributed by atoms with van der Waals surface area (Å²) < 4.78 is 6.47. The van der Waals surface area contributed by atoms with Gasteiger partial charge in [0.05, 0.1) is 11.6 Å². The smallest absolute Gasteiger partial charge is 0.137 e. The van der Waals surface area contributed by atoms with Crippen LogP contribution in [0.1, 0.15) is 51.6 Å². The van der Waals surface area contributed by atoms with Gasteiger partial charge >= 0.3 is 0 Å². The number of rotatable bonds is 8. The predicted molar refractivity (Wildman–Crippen MR) is 90.8 cm³/mol. The molecule has 0 saturated heterocycles. The number of hydrogen-bond donors (Lipinski definition) is 1. The van der Waals surface area contributed by atoms with Gasteiger partial charge in [0.25, 0.3) is 0 Å². The van der Waals surface area contributed by atoms with E-state index in [1.54, 1.807) is 7.11 Å². The van der Waals surface area contributed by atoms with Crippen molar-refractivity contribution in [2.24, 2.45) is 5.92 Å². The van der Waals surface area contributed by atoms with Crippen LogP contribution in [-0.2, 0) is 0 Å². The van der Waals surface area contributed by atoms with E-state index < -0.39 is 0 Å². The monoisotopic (exact) mass is 361 g/mol. The summed E-state index contributed by atoms with van der Waals surface area (Å²) in [4.78, 5) is 0. The molecule has 0 spiro atoms. The lowest BCUT2D eigenvalue weighted by Gasteiger charge is -2.24. The number of ether oxygens (including phenoxy) is 1. The summed E-state index contributed by atoms with van der Waals surface area (Å²) in [6.45, 7) is 7.69. The van der Waals surface area contributed by atoms with Crippen molar-refractivity contribution in [1.82, 2.24) is 5.32 Å². The number of hydrogen-bond acceptors (Lipinski definition) is 2. The summed E-state index contributed by atoms with van der Waals surface area (Å²) in [7, 11) is 1.71. The average Bonchev–Trinajstić information content (AvgIpc) is 2.42. The van der Waals surface area contributed by atoms with Crippen LogP contribution in [0, 0.1) is 5.92 Å². The Bertz CT molecular complexity index is 425. The zero-order chi connectivity index (χ0) is 15.1. The van der Waals surface area contributed by atoms with E-state index in [0.717, 1.165) is 40.2 Å². The van der Waals surface area contributed by atoms with Crippen LogP contribution in [0.25, 0.3) is 0 Å². The fraction of sp³-hybridized carbons (Fsp3) is 0.625. The molecule has 0 saturated carbocycles. The number of nitrogens with one attached hydrogen (secondary N) is 1. The van der Waals surface area contributed by atoms with Crippen LogP contribution in [-0.4, -0.2) is 13.7 Å². The zero-order valence-electron chi connectivity index (χ0n) is 12.8. The van der Waals surface area contributed by atoms with Gasteiger partial charge in [-0.3, -0.25) is 0 Å². The van der Waals surface area contributed by atoms with Gasteiger partial charge in [-0.1, -0.05) is 38.8 Å². The van der Waals surface area contributed by atoms with Gasteiger partial charge in [-0.05, 0) is 53.4 Å². The van der Waals surface area contributed by atoms with Crippen molar-refractivity contribution < 1.29 is 4.74 Å². The highest BCUT2D eigenvalue weighted by atomic mass is 79.9. The van der Waals surface area contributed by atoms with E-state index in [1.807, 2.05) is 12.1 Å². The summed E-state index contributed by atoms with van der Waals surface area (Å²) in [5.74, 6) is 1.54. The standard InChI is InChI=1S/C16H25BrClNO/c1-5-7-19-15(8-11(3)6-2)13-9-12(18)10-14(17)16(13)20-4/h9-11,15,19H,5-8H2,1-4H3. The molecule has 0 aliphatic carbocycles. The van der Waals surface area contributed by atoms with E-state index in [2.05, 4.69) is 42.0 Å². The fourth-order valence-electron chi connectivity index (χ4n) is 2.26. The second-order valence-electron chi connectivity index (χ2n) is 5.27. The Morgan fingerprint density at radius 1 is 1.35 bits per heavy atom. The normalized spacial score (nSPS) is 14.1. The van der Waals surface area contributed by atoms with Gasteiger partial charge in [0.1, 0.15) is 5.75 Å². The SMILES string of the molecule is CCCNC(CC(C)CC)c1cc(Cl)cc(Br)c1OC. The molecular weight excluding hydrogens is 338 g/mol. The summed E-state index contributed by atoms with van der Waals surface area (Å²) in [6, 6.07) is 4.17. The van der Waals surface area contributed by atoms with Gasteiger partial charge in [-0.25, -0.2) is 0 Å². The van der Waals surface area contributed by atoms with Crippen LogP contribution in [0.4, 0.5) is 0 Å². The Morgan fingerprint density at radius 3 is 2.60 bits per heavy atom. The average molecular weight is 363 g/mol. The van der Waals surface area contributed by atoms with E-state index in [-0.39, 0.29) is 6.04 Å². The maximum atomic E-state index is 6.21. The van der Waals surface area contributed by atoms with Gasteiger partial charge < -0.3 is 10.1 Å². The molecule has 114 valence electrons. The zero-order valence-corrected chi connectivity index (χ0v) is 15.1. The number of methoxy groups -OCH3 is 1. The highest BCUT2D eigenvalue weighted by Crippen LogP contribution is 2.38. The van der Waals surface area contributed by atoms with Crippen molar-refractivity contribution >= 4 is 27.5 Å². The molecule has 2 atom stereocenters. The summed E-state index contributed by atoms with van der Waals surface area (Å²) in [5.41, 5.74) is 1.14. The van der Waals surface area contributed by atoms with Gasteiger partial charge in [-0.2, -0.15) is 0 Å². The van der Waals surface area contributed by atoms with Crippen LogP contribution in [0.3, 0.4) is 0 Å². The Morgan fingerprint density at radius 2 is 2.05 bits per heavy atom. The first-order valence-electron chi connectivity index (χ1n) is 7.29. The molecule has 20 heavy (non-hydrogen) atoms. The van der Waals surface area contributed by atoms with Gasteiger partial charge in [0.2, 0.25) is 0 Å². The van der Waals surface area contributed by atoms with Gasteiger partial charge in [0, 0.05) is 16.6 Å². The van der Waals surface area contributed by atoms with Crippen LogP contribution in [0.2, 0.25) is 5.02 Å². The third-order valence-electron chi connectivity index (χ3n) is 3.59. The molecule has 0 aromatic heterocycles. The lowest BCUT2D eigenvalue weighted by atomic mass is 9.93. The Hall–Kier alpha value is -0.250. The molecule has 0 aliphatic heterocycles. The van der Waals surface area contributed by atoms with Crippen LogP contribution < -0.4 is 10.1 Å². The number of halogens is 2. The molecule has 1 rings (SSSR count). The van der Waals surface area contributed by atoms with Crippen LogP contribution in [0.15, 0.2) is 16.6 Å². The second-order valence-corrected chi connectivity index (χ2v) is 6.56. The summed E-state index contributed by atoms with van der Waals surface area (Å²) in [5, 5.41) is 4.36. The van der Waals surface area contributed by atoms with Crippen LogP contribution >= 0.6 is 27.5 Å². The van der Waals surface area contributed by atoms with E-state index >= 15 is 0 Å². The molecule has 1 N–H and O–H groups in total. The quantitative estimate of drug-likeness (QED) is 0.651. The first kappa shape index (κ1) is 17.8. The van der Waals surface area contributed by atoms with E-state index in [9.17, 15) is 0 Å².